The van der Waals surface area contributed by atoms with Crippen LogP contribution in [0, 0.1) is 0 Å². The summed E-state index contributed by atoms with van der Waals surface area (Å²) >= 11 is 0. The first kappa shape index (κ1) is 18.6. The predicted molar refractivity (Wildman–Crippen MR) is 110 cm³/mol. The van der Waals surface area contributed by atoms with Crippen molar-refractivity contribution in [3.63, 3.8) is 0 Å². The molecule has 4 heteroatoms. The van der Waals surface area contributed by atoms with Crippen LogP contribution in [0.3, 0.4) is 0 Å². The first-order valence-electron chi connectivity index (χ1n) is 9.34. The van der Waals surface area contributed by atoms with Crippen molar-refractivity contribution >= 4 is 17.3 Å². The molecule has 1 heterocycles. The van der Waals surface area contributed by atoms with Gasteiger partial charge in [-0.05, 0) is 36.6 Å². The molecule has 1 N–H and O–H groups in total. The van der Waals surface area contributed by atoms with Crippen molar-refractivity contribution in [1.29, 1.82) is 0 Å². The minimum atomic E-state index is -0.0127. The number of carbonyl (C=O) groups is 1. The average Bonchev–Trinajstić information content (AvgIpc) is 2.73. The molecule has 0 radical (unpaired) electrons. The fraction of sp³-hybridized carbons (Fsp3) is 0.217. The number of nitrogens with one attached hydrogen (secondary N) is 1. The van der Waals surface area contributed by atoms with Gasteiger partial charge in [-0.15, -0.1) is 0 Å². The van der Waals surface area contributed by atoms with E-state index in [-0.39, 0.29) is 5.91 Å². The summed E-state index contributed by atoms with van der Waals surface area (Å²) in [4.78, 5) is 19.1. The van der Waals surface area contributed by atoms with Crippen LogP contribution in [0.2, 0.25) is 0 Å². The van der Waals surface area contributed by atoms with E-state index in [9.17, 15) is 4.79 Å². The monoisotopic (exact) mass is 359 g/mol. The molecule has 0 fully saturated rings. The van der Waals surface area contributed by atoms with Crippen LogP contribution in [0.5, 0.6) is 0 Å². The Morgan fingerprint density at radius 3 is 2.48 bits per heavy atom. The standard InChI is InChI=1S/C23H25N3O/c1-3-19-12-8-9-13-22(19)25-21-14-20(15-24-16-21)23(27)26(4-2)17-18-10-6-5-7-11-18/h5-16,25H,3-4,17H2,1-2H3. The van der Waals surface area contributed by atoms with E-state index in [1.54, 1.807) is 12.4 Å². The molecule has 0 aliphatic rings. The molecule has 3 rings (SSSR count). The van der Waals surface area contributed by atoms with Gasteiger partial charge in [-0.25, -0.2) is 0 Å². The Morgan fingerprint density at radius 2 is 1.74 bits per heavy atom. The third kappa shape index (κ3) is 4.73. The first-order chi connectivity index (χ1) is 13.2. The van der Waals surface area contributed by atoms with Crippen molar-refractivity contribution < 1.29 is 4.79 Å². The first-order valence-corrected chi connectivity index (χ1v) is 9.34. The Hall–Kier alpha value is -3.14. The van der Waals surface area contributed by atoms with Gasteiger partial charge in [0.25, 0.3) is 5.91 Å². The topological polar surface area (TPSA) is 45.2 Å². The molecule has 1 aromatic heterocycles. The lowest BCUT2D eigenvalue weighted by Crippen LogP contribution is -2.30. The zero-order valence-electron chi connectivity index (χ0n) is 15.9. The molecule has 0 saturated heterocycles. The molecule has 0 atom stereocenters. The van der Waals surface area contributed by atoms with E-state index < -0.39 is 0 Å². The number of rotatable bonds is 7. The van der Waals surface area contributed by atoms with Crippen molar-refractivity contribution in [2.45, 2.75) is 26.8 Å². The molecular formula is C23H25N3O. The SMILES string of the molecule is CCc1ccccc1Nc1cncc(C(=O)N(CC)Cc2ccccc2)c1. The van der Waals surface area contributed by atoms with Gasteiger partial charge in [-0.2, -0.15) is 0 Å². The van der Waals surface area contributed by atoms with Crippen LogP contribution in [0.4, 0.5) is 11.4 Å². The van der Waals surface area contributed by atoms with Gasteiger partial charge in [-0.3, -0.25) is 9.78 Å². The highest BCUT2D eigenvalue weighted by Gasteiger charge is 2.15. The number of para-hydroxylation sites is 1. The van der Waals surface area contributed by atoms with Crippen LogP contribution < -0.4 is 5.32 Å². The predicted octanol–water partition coefficient (Wildman–Crippen LogP) is 5.05. The number of aromatic nitrogens is 1. The van der Waals surface area contributed by atoms with Gasteiger partial charge >= 0.3 is 0 Å². The van der Waals surface area contributed by atoms with E-state index in [1.807, 2.05) is 66.4 Å². The van der Waals surface area contributed by atoms with Gasteiger partial charge in [0, 0.05) is 25.0 Å². The molecule has 0 aliphatic heterocycles. The molecular weight excluding hydrogens is 334 g/mol. The third-order valence-corrected chi connectivity index (χ3v) is 4.55. The van der Waals surface area contributed by atoms with Gasteiger partial charge in [0.1, 0.15) is 0 Å². The summed E-state index contributed by atoms with van der Waals surface area (Å²) in [5.74, 6) is -0.0127. The quantitative estimate of drug-likeness (QED) is 0.642. The number of hydrogen-bond donors (Lipinski definition) is 1. The summed E-state index contributed by atoms with van der Waals surface area (Å²) in [5, 5.41) is 3.39. The Bertz CT molecular complexity index is 893. The summed E-state index contributed by atoms with van der Waals surface area (Å²) in [7, 11) is 0. The highest BCUT2D eigenvalue weighted by atomic mass is 16.2. The minimum absolute atomic E-state index is 0.0127. The lowest BCUT2D eigenvalue weighted by molar-refractivity contribution is 0.0752. The summed E-state index contributed by atoms with van der Waals surface area (Å²) in [6.45, 7) is 5.35. The normalized spacial score (nSPS) is 10.4. The number of amides is 1. The van der Waals surface area contributed by atoms with E-state index in [2.05, 4.69) is 23.3 Å². The highest BCUT2D eigenvalue weighted by molar-refractivity contribution is 5.95. The van der Waals surface area contributed by atoms with Gasteiger partial charge < -0.3 is 10.2 Å². The van der Waals surface area contributed by atoms with E-state index in [1.165, 1.54) is 5.56 Å². The minimum Gasteiger partial charge on any atom is -0.354 e. The van der Waals surface area contributed by atoms with Crippen molar-refractivity contribution in [2.75, 3.05) is 11.9 Å². The maximum absolute atomic E-state index is 13.0. The molecule has 4 nitrogen and oxygen atoms in total. The summed E-state index contributed by atoms with van der Waals surface area (Å²) in [6.07, 6.45) is 4.32. The van der Waals surface area contributed by atoms with E-state index in [0.29, 0.717) is 18.7 Å². The van der Waals surface area contributed by atoms with Crippen molar-refractivity contribution in [1.82, 2.24) is 9.88 Å². The maximum Gasteiger partial charge on any atom is 0.255 e. The molecule has 1 amide bonds. The molecule has 0 bridgehead atoms. The van der Waals surface area contributed by atoms with E-state index in [4.69, 9.17) is 0 Å². The maximum atomic E-state index is 13.0. The Morgan fingerprint density at radius 1 is 1.00 bits per heavy atom. The summed E-state index contributed by atoms with van der Waals surface area (Å²) in [6, 6.07) is 20.1. The highest BCUT2D eigenvalue weighted by Crippen LogP contribution is 2.22. The number of aryl methyl sites for hydroxylation is 1. The largest absolute Gasteiger partial charge is 0.354 e. The number of hydrogen-bond acceptors (Lipinski definition) is 3. The number of nitrogens with zero attached hydrogens (tertiary/aromatic N) is 2. The number of pyridine rings is 1. The summed E-state index contributed by atoms with van der Waals surface area (Å²) in [5.41, 5.74) is 4.80. The molecule has 0 aliphatic carbocycles. The molecule has 3 aromatic rings. The Kier molecular flexibility index (Phi) is 6.21. The van der Waals surface area contributed by atoms with Gasteiger partial charge in [0.2, 0.25) is 0 Å². The second kappa shape index (κ2) is 8.99. The summed E-state index contributed by atoms with van der Waals surface area (Å²) < 4.78 is 0. The van der Waals surface area contributed by atoms with Crippen LogP contribution in [-0.2, 0) is 13.0 Å². The van der Waals surface area contributed by atoms with Crippen molar-refractivity contribution in [3.8, 4) is 0 Å². The van der Waals surface area contributed by atoms with Crippen LogP contribution in [0.1, 0.15) is 35.3 Å². The third-order valence-electron chi connectivity index (χ3n) is 4.55. The second-order valence-corrected chi connectivity index (χ2v) is 6.40. The number of benzene rings is 2. The second-order valence-electron chi connectivity index (χ2n) is 6.40. The zero-order chi connectivity index (χ0) is 19.1. The van der Waals surface area contributed by atoms with Gasteiger partial charge in [0.15, 0.2) is 0 Å². The number of anilines is 2. The molecule has 0 spiro atoms. The lowest BCUT2D eigenvalue weighted by Gasteiger charge is -2.21. The van der Waals surface area contributed by atoms with Gasteiger partial charge in [0.05, 0.1) is 17.4 Å². The van der Waals surface area contributed by atoms with E-state index >= 15 is 0 Å². The Labute approximate surface area is 160 Å². The van der Waals surface area contributed by atoms with Crippen LogP contribution >= 0.6 is 0 Å². The zero-order valence-corrected chi connectivity index (χ0v) is 15.9. The molecule has 0 unspecified atom stereocenters. The van der Waals surface area contributed by atoms with Crippen LogP contribution in [0.25, 0.3) is 0 Å². The lowest BCUT2D eigenvalue weighted by atomic mass is 10.1. The molecule has 0 saturated carbocycles. The smallest absolute Gasteiger partial charge is 0.255 e. The van der Waals surface area contributed by atoms with Crippen LogP contribution in [-0.4, -0.2) is 22.3 Å². The van der Waals surface area contributed by atoms with Crippen molar-refractivity contribution in [3.05, 3.63) is 89.7 Å². The molecule has 2 aromatic carbocycles. The Balaban J connectivity index is 1.78. The van der Waals surface area contributed by atoms with Gasteiger partial charge in [-0.1, -0.05) is 55.5 Å². The number of carbonyl (C=O) groups excluding carboxylic acids is 1. The average molecular weight is 359 g/mol. The van der Waals surface area contributed by atoms with E-state index in [0.717, 1.165) is 23.4 Å². The fourth-order valence-corrected chi connectivity index (χ4v) is 3.04. The van der Waals surface area contributed by atoms with Crippen LogP contribution in [0.15, 0.2) is 73.1 Å². The fourth-order valence-electron chi connectivity index (χ4n) is 3.04. The van der Waals surface area contributed by atoms with Crippen molar-refractivity contribution in [2.24, 2.45) is 0 Å². The molecule has 27 heavy (non-hydrogen) atoms. The molecule has 138 valence electrons.